The molecule has 9 heteroatoms. The van der Waals surface area contributed by atoms with E-state index in [-0.39, 0.29) is 24.5 Å². The summed E-state index contributed by atoms with van der Waals surface area (Å²) in [6.45, 7) is -0.216. The van der Waals surface area contributed by atoms with E-state index in [1.54, 1.807) is 42.3 Å². The number of esters is 1. The molecular formula is C23H20N2O6S. The van der Waals surface area contributed by atoms with Crippen LogP contribution in [0.2, 0.25) is 0 Å². The van der Waals surface area contributed by atoms with Gasteiger partial charge in [-0.25, -0.2) is 9.59 Å². The maximum Gasteiger partial charge on any atom is 0.334 e. The summed E-state index contributed by atoms with van der Waals surface area (Å²) >= 11 is 1.29. The Morgan fingerprint density at radius 3 is 2.47 bits per heavy atom. The SMILES string of the molecule is O=C=C1CS[C@@H]2C(NC(=O)COc3ccccc3)C(=O)N2C1C(=O)OCc1ccccc1. The van der Waals surface area contributed by atoms with Crippen LogP contribution in [-0.2, 0) is 30.5 Å². The number of fused-ring (bicyclic) bond motifs is 1. The molecule has 0 spiro atoms. The predicted octanol–water partition coefficient (Wildman–Crippen LogP) is 1.34. The van der Waals surface area contributed by atoms with Crippen molar-refractivity contribution < 1.29 is 28.7 Å². The summed E-state index contributed by atoms with van der Waals surface area (Å²) in [6.07, 6.45) is 0. The molecule has 2 amide bonds. The number of carbonyl (C=O) groups is 3. The third-order valence-electron chi connectivity index (χ3n) is 5.11. The van der Waals surface area contributed by atoms with Gasteiger partial charge in [-0.2, -0.15) is 0 Å². The highest BCUT2D eigenvalue weighted by Crippen LogP contribution is 2.40. The molecule has 2 fully saturated rings. The molecule has 0 aromatic heterocycles. The summed E-state index contributed by atoms with van der Waals surface area (Å²) in [5.74, 6) is 0.937. The van der Waals surface area contributed by atoms with Crippen LogP contribution >= 0.6 is 11.8 Å². The number of para-hydroxylation sites is 1. The van der Waals surface area contributed by atoms with Gasteiger partial charge in [-0.15, -0.1) is 11.8 Å². The Bertz CT molecular complexity index is 1050. The van der Waals surface area contributed by atoms with Crippen molar-refractivity contribution in [3.05, 3.63) is 71.8 Å². The van der Waals surface area contributed by atoms with E-state index < -0.39 is 35.2 Å². The number of nitrogens with one attached hydrogen (secondary N) is 1. The maximum absolute atomic E-state index is 12.8. The lowest BCUT2D eigenvalue weighted by Gasteiger charge is -2.52. The fourth-order valence-electron chi connectivity index (χ4n) is 3.52. The van der Waals surface area contributed by atoms with Crippen molar-refractivity contribution in [2.45, 2.75) is 24.1 Å². The molecule has 8 nitrogen and oxygen atoms in total. The molecule has 0 radical (unpaired) electrons. The van der Waals surface area contributed by atoms with E-state index >= 15 is 0 Å². The molecule has 1 N–H and O–H groups in total. The van der Waals surface area contributed by atoms with E-state index in [1.165, 1.54) is 16.7 Å². The number of β-lactam (4-membered cyclic amide) rings is 1. The molecule has 32 heavy (non-hydrogen) atoms. The zero-order valence-electron chi connectivity index (χ0n) is 16.9. The monoisotopic (exact) mass is 452 g/mol. The van der Waals surface area contributed by atoms with Gasteiger partial charge in [0, 0.05) is 5.75 Å². The Morgan fingerprint density at radius 1 is 1.09 bits per heavy atom. The summed E-state index contributed by atoms with van der Waals surface area (Å²) in [5.41, 5.74) is 0.938. The number of rotatable bonds is 7. The van der Waals surface area contributed by atoms with Gasteiger partial charge in [-0.3, -0.25) is 9.59 Å². The minimum absolute atomic E-state index is 0.0269. The Labute approximate surface area is 188 Å². The number of hydrogen-bond donors (Lipinski definition) is 1. The van der Waals surface area contributed by atoms with Crippen molar-refractivity contribution in [2.24, 2.45) is 0 Å². The van der Waals surface area contributed by atoms with Gasteiger partial charge in [0.2, 0.25) is 5.91 Å². The second-order valence-electron chi connectivity index (χ2n) is 7.22. The third kappa shape index (κ3) is 4.54. The molecule has 2 heterocycles. The van der Waals surface area contributed by atoms with Crippen LogP contribution in [-0.4, -0.2) is 58.4 Å². The zero-order chi connectivity index (χ0) is 22.5. The van der Waals surface area contributed by atoms with Crippen LogP contribution in [0.3, 0.4) is 0 Å². The number of carbonyl (C=O) groups excluding carboxylic acids is 4. The summed E-state index contributed by atoms with van der Waals surface area (Å²) < 4.78 is 10.8. The molecule has 2 aliphatic heterocycles. The van der Waals surface area contributed by atoms with Gasteiger partial charge in [0.25, 0.3) is 5.91 Å². The fraction of sp³-hybridized carbons (Fsp3) is 0.261. The minimum Gasteiger partial charge on any atom is -0.484 e. The highest BCUT2D eigenvalue weighted by molar-refractivity contribution is 8.00. The minimum atomic E-state index is -1.14. The highest BCUT2D eigenvalue weighted by Gasteiger charge is 2.57. The van der Waals surface area contributed by atoms with Gasteiger partial charge in [0.15, 0.2) is 12.6 Å². The Balaban J connectivity index is 1.37. The molecule has 164 valence electrons. The Morgan fingerprint density at radius 2 is 1.78 bits per heavy atom. The number of nitrogens with zero attached hydrogens (tertiary/aromatic N) is 1. The van der Waals surface area contributed by atoms with Crippen molar-refractivity contribution in [2.75, 3.05) is 12.4 Å². The van der Waals surface area contributed by atoms with Gasteiger partial charge >= 0.3 is 5.97 Å². The molecule has 2 saturated heterocycles. The van der Waals surface area contributed by atoms with Crippen molar-refractivity contribution in [1.29, 1.82) is 0 Å². The van der Waals surface area contributed by atoms with Crippen molar-refractivity contribution in [3.63, 3.8) is 0 Å². The molecule has 2 unspecified atom stereocenters. The summed E-state index contributed by atoms with van der Waals surface area (Å²) in [4.78, 5) is 50.4. The molecule has 4 rings (SSSR count). The second kappa shape index (κ2) is 9.72. The Kier molecular flexibility index (Phi) is 6.58. The first-order chi connectivity index (χ1) is 15.6. The zero-order valence-corrected chi connectivity index (χ0v) is 17.7. The molecule has 2 aliphatic rings. The standard InChI is InChI=1S/C23H20N2O6S/c26-11-16-14-32-22-19(24-18(27)13-30-17-9-5-2-6-10-17)21(28)25(22)20(16)23(29)31-12-15-7-3-1-4-8-15/h1-10,19-20,22H,12-14H2,(H,24,27)/t19?,20?,22-/m1/s1. The number of ether oxygens (including phenoxy) is 2. The smallest absolute Gasteiger partial charge is 0.334 e. The van der Waals surface area contributed by atoms with E-state index in [2.05, 4.69) is 5.32 Å². The quantitative estimate of drug-likeness (QED) is 0.384. The molecule has 2 aromatic rings. The lowest BCUT2D eigenvalue weighted by atomic mass is 9.98. The number of thioether (sulfide) groups is 1. The van der Waals surface area contributed by atoms with Crippen molar-refractivity contribution >= 4 is 35.5 Å². The van der Waals surface area contributed by atoms with Crippen LogP contribution in [0, 0.1) is 0 Å². The van der Waals surface area contributed by atoms with Crippen LogP contribution < -0.4 is 10.1 Å². The summed E-state index contributed by atoms with van der Waals surface area (Å²) in [5, 5.41) is 2.17. The number of amides is 2. The highest BCUT2D eigenvalue weighted by atomic mass is 32.2. The fourth-order valence-corrected chi connectivity index (χ4v) is 4.85. The van der Waals surface area contributed by atoms with E-state index in [0.29, 0.717) is 5.75 Å². The first-order valence-electron chi connectivity index (χ1n) is 9.94. The topological polar surface area (TPSA) is 102 Å². The van der Waals surface area contributed by atoms with Gasteiger partial charge in [-0.05, 0) is 17.7 Å². The van der Waals surface area contributed by atoms with Gasteiger partial charge in [0.1, 0.15) is 29.7 Å². The van der Waals surface area contributed by atoms with Crippen molar-refractivity contribution in [3.8, 4) is 5.75 Å². The van der Waals surface area contributed by atoms with Crippen LogP contribution in [0.15, 0.2) is 66.2 Å². The second-order valence-corrected chi connectivity index (χ2v) is 8.32. The largest absolute Gasteiger partial charge is 0.484 e. The normalized spacial score (nSPS) is 21.6. The summed E-state index contributed by atoms with van der Waals surface area (Å²) in [6, 6.07) is 16.0. The predicted molar refractivity (Wildman–Crippen MR) is 116 cm³/mol. The van der Waals surface area contributed by atoms with E-state index in [9.17, 15) is 19.2 Å². The average molecular weight is 452 g/mol. The van der Waals surface area contributed by atoms with E-state index in [4.69, 9.17) is 9.47 Å². The first-order valence-corrected chi connectivity index (χ1v) is 11.0. The maximum atomic E-state index is 12.8. The molecule has 0 aliphatic carbocycles. The molecule has 2 aromatic carbocycles. The van der Waals surface area contributed by atoms with E-state index in [1.807, 2.05) is 24.3 Å². The number of hydrogen-bond acceptors (Lipinski definition) is 7. The van der Waals surface area contributed by atoms with Crippen LogP contribution in [0.25, 0.3) is 0 Å². The Hall–Kier alpha value is -3.55. The van der Waals surface area contributed by atoms with Crippen LogP contribution in [0.4, 0.5) is 0 Å². The van der Waals surface area contributed by atoms with E-state index in [0.717, 1.165) is 5.56 Å². The van der Waals surface area contributed by atoms with Crippen molar-refractivity contribution in [1.82, 2.24) is 10.2 Å². The lowest BCUT2D eigenvalue weighted by molar-refractivity contribution is -0.164. The molecular weight excluding hydrogens is 432 g/mol. The van der Waals surface area contributed by atoms with Gasteiger partial charge < -0.3 is 19.7 Å². The lowest BCUT2D eigenvalue weighted by Crippen LogP contribution is -2.75. The average Bonchev–Trinajstić information content (AvgIpc) is 2.84. The first kappa shape index (κ1) is 21.7. The van der Waals surface area contributed by atoms with Gasteiger partial charge in [0.05, 0.1) is 5.57 Å². The molecule has 0 saturated carbocycles. The molecule has 3 atom stereocenters. The molecule has 0 bridgehead atoms. The van der Waals surface area contributed by atoms with Crippen LogP contribution in [0.1, 0.15) is 5.56 Å². The summed E-state index contributed by atoms with van der Waals surface area (Å²) in [7, 11) is 0. The number of benzene rings is 2. The van der Waals surface area contributed by atoms with Crippen LogP contribution in [0.5, 0.6) is 5.75 Å². The third-order valence-corrected chi connectivity index (χ3v) is 6.42. The van der Waals surface area contributed by atoms with Gasteiger partial charge in [-0.1, -0.05) is 48.5 Å².